The summed E-state index contributed by atoms with van der Waals surface area (Å²) in [5, 5.41) is 3.56. The van der Waals surface area contributed by atoms with Crippen LogP contribution in [0.4, 0.5) is 5.69 Å². The lowest BCUT2D eigenvalue weighted by Gasteiger charge is -2.19. The van der Waals surface area contributed by atoms with Crippen molar-refractivity contribution in [2.75, 3.05) is 26.0 Å². The van der Waals surface area contributed by atoms with Gasteiger partial charge in [0, 0.05) is 23.7 Å². The van der Waals surface area contributed by atoms with Gasteiger partial charge in [0.1, 0.15) is 5.75 Å². The molecular weight excluding hydrogens is 414 g/mol. The number of nitrogens with zero attached hydrogens (tertiary/aromatic N) is 2. The van der Waals surface area contributed by atoms with Crippen molar-refractivity contribution in [1.29, 1.82) is 0 Å². The Morgan fingerprint density at radius 1 is 1.24 bits per heavy atom. The topological polar surface area (TPSA) is 88.6 Å². The second-order valence-corrected chi connectivity index (χ2v) is 8.88. The molecule has 0 aliphatic rings. The second-order valence-electron chi connectivity index (χ2n) is 6.43. The van der Waals surface area contributed by atoms with Crippen LogP contribution >= 0.6 is 11.6 Å². The van der Waals surface area contributed by atoms with Gasteiger partial charge in [-0.15, -0.1) is 0 Å². The van der Waals surface area contributed by atoms with Crippen LogP contribution < -0.4 is 10.1 Å². The highest BCUT2D eigenvalue weighted by molar-refractivity contribution is 7.89. The molecule has 9 heteroatoms. The van der Waals surface area contributed by atoms with Crippen molar-refractivity contribution in [2.45, 2.75) is 11.8 Å². The molecule has 0 saturated heterocycles. The first-order valence-corrected chi connectivity index (χ1v) is 10.5. The fourth-order valence-corrected chi connectivity index (χ4v) is 4.41. The Labute approximate surface area is 174 Å². The number of likely N-dealkylation sites (N-methyl/N-ethyl adjacent to an activating group) is 1. The van der Waals surface area contributed by atoms with E-state index >= 15 is 0 Å². The van der Waals surface area contributed by atoms with Gasteiger partial charge in [0.05, 0.1) is 29.8 Å². The Hall–Kier alpha value is -2.68. The van der Waals surface area contributed by atoms with E-state index in [1.165, 1.54) is 26.3 Å². The predicted molar refractivity (Wildman–Crippen MR) is 113 cm³/mol. The van der Waals surface area contributed by atoms with E-state index in [1.54, 1.807) is 36.5 Å². The molecule has 3 aromatic rings. The van der Waals surface area contributed by atoms with Crippen LogP contribution in [0.25, 0.3) is 10.9 Å². The lowest BCUT2D eigenvalue weighted by molar-refractivity contribution is -0.116. The Morgan fingerprint density at radius 2 is 2.00 bits per heavy atom. The highest BCUT2D eigenvalue weighted by Crippen LogP contribution is 2.28. The predicted octanol–water partition coefficient (Wildman–Crippen LogP) is 3.46. The number of sulfonamides is 1. The van der Waals surface area contributed by atoms with E-state index in [1.807, 2.05) is 6.92 Å². The number of aromatic nitrogens is 1. The summed E-state index contributed by atoms with van der Waals surface area (Å²) in [4.78, 5) is 16.8. The van der Waals surface area contributed by atoms with Gasteiger partial charge in [-0.1, -0.05) is 17.7 Å². The Bertz CT molecular complexity index is 1180. The number of aryl methyl sites for hydroxylation is 1. The van der Waals surface area contributed by atoms with Crippen molar-refractivity contribution < 1.29 is 17.9 Å². The first-order chi connectivity index (χ1) is 13.7. The minimum atomic E-state index is -3.92. The average Bonchev–Trinajstić information content (AvgIpc) is 2.68. The quantitative estimate of drug-likeness (QED) is 0.643. The number of carbonyl (C=O) groups is 1. The molecule has 0 spiro atoms. The van der Waals surface area contributed by atoms with E-state index in [0.717, 1.165) is 9.87 Å². The van der Waals surface area contributed by atoms with Crippen LogP contribution in [-0.4, -0.2) is 44.3 Å². The van der Waals surface area contributed by atoms with Gasteiger partial charge in [0.15, 0.2) is 0 Å². The molecular formula is C20H20ClN3O4S. The summed E-state index contributed by atoms with van der Waals surface area (Å²) in [6, 6.07) is 11.4. The number of hydrogen-bond acceptors (Lipinski definition) is 5. The molecule has 0 bridgehead atoms. The Morgan fingerprint density at radius 3 is 2.72 bits per heavy atom. The number of ether oxygens (including phenoxy) is 1. The van der Waals surface area contributed by atoms with E-state index in [9.17, 15) is 13.2 Å². The fraction of sp³-hybridized carbons (Fsp3) is 0.200. The third-order valence-electron chi connectivity index (χ3n) is 4.42. The van der Waals surface area contributed by atoms with Crippen molar-refractivity contribution in [3.05, 3.63) is 59.2 Å². The van der Waals surface area contributed by atoms with Crippen LogP contribution in [-0.2, 0) is 14.8 Å². The lowest BCUT2D eigenvalue weighted by atomic mass is 10.1. The van der Waals surface area contributed by atoms with Crippen molar-refractivity contribution in [3.8, 4) is 5.75 Å². The Balaban J connectivity index is 1.85. The number of rotatable bonds is 6. The number of fused-ring (bicyclic) bond motifs is 1. The third kappa shape index (κ3) is 4.34. The molecule has 0 aliphatic carbocycles. The van der Waals surface area contributed by atoms with Crippen LogP contribution in [0.3, 0.4) is 0 Å². The van der Waals surface area contributed by atoms with E-state index in [2.05, 4.69) is 10.3 Å². The summed E-state index contributed by atoms with van der Waals surface area (Å²) in [6.45, 7) is 1.48. The van der Waals surface area contributed by atoms with Crippen LogP contribution in [0.2, 0.25) is 5.02 Å². The average molecular weight is 434 g/mol. The molecule has 1 N–H and O–H groups in total. The van der Waals surface area contributed by atoms with Crippen LogP contribution in [0.15, 0.2) is 53.6 Å². The van der Waals surface area contributed by atoms with Gasteiger partial charge in [0.25, 0.3) is 0 Å². The van der Waals surface area contributed by atoms with Crippen molar-refractivity contribution in [1.82, 2.24) is 9.29 Å². The molecule has 1 heterocycles. The number of amides is 1. The molecule has 7 nitrogen and oxygen atoms in total. The fourth-order valence-electron chi connectivity index (χ4n) is 2.94. The molecule has 3 rings (SSSR count). The maximum absolute atomic E-state index is 13.1. The summed E-state index contributed by atoms with van der Waals surface area (Å²) in [5.41, 5.74) is 1.84. The SMILES string of the molecule is COc1ccc(Cl)cc1NC(=O)CN(C)S(=O)(=O)c1ccc(C)c2ncccc12. The highest BCUT2D eigenvalue weighted by atomic mass is 35.5. The summed E-state index contributed by atoms with van der Waals surface area (Å²) in [5.74, 6) is -0.102. The highest BCUT2D eigenvalue weighted by Gasteiger charge is 2.26. The van der Waals surface area contributed by atoms with Gasteiger partial charge in [-0.3, -0.25) is 9.78 Å². The Kier molecular flexibility index (Phi) is 6.07. The second kappa shape index (κ2) is 8.36. The van der Waals surface area contributed by atoms with Crippen molar-refractivity contribution in [3.63, 3.8) is 0 Å². The van der Waals surface area contributed by atoms with Crippen LogP contribution in [0.5, 0.6) is 5.75 Å². The normalized spacial score (nSPS) is 11.6. The first-order valence-electron chi connectivity index (χ1n) is 8.68. The summed E-state index contributed by atoms with van der Waals surface area (Å²) in [7, 11) is -1.10. The van der Waals surface area contributed by atoms with Gasteiger partial charge in [-0.2, -0.15) is 4.31 Å². The molecule has 0 atom stereocenters. The molecule has 0 aliphatic heterocycles. The molecule has 2 aromatic carbocycles. The number of hydrogen-bond donors (Lipinski definition) is 1. The zero-order valence-corrected chi connectivity index (χ0v) is 17.7. The largest absolute Gasteiger partial charge is 0.495 e. The number of benzene rings is 2. The molecule has 0 unspecified atom stereocenters. The number of anilines is 1. The first kappa shape index (κ1) is 21.0. The summed E-state index contributed by atoms with van der Waals surface area (Å²) in [6.07, 6.45) is 1.61. The van der Waals surface area contributed by atoms with Gasteiger partial charge in [-0.05, 0) is 48.9 Å². The molecule has 1 amide bonds. The molecule has 0 saturated carbocycles. The van der Waals surface area contributed by atoms with Gasteiger partial charge in [0.2, 0.25) is 15.9 Å². The minimum absolute atomic E-state index is 0.0989. The number of methoxy groups -OCH3 is 1. The zero-order chi connectivity index (χ0) is 21.2. The van der Waals surface area contributed by atoms with Gasteiger partial charge >= 0.3 is 0 Å². The number of nitrogens with one attached hydrogen (secondary N) is 1. The van der Waals surface area contributed by atoms with Crippen molar-refractivity contribution in [2.24, 2.45) is 0 Å². The molecule has 1 aromatic heterocycles. The molecule has 152 valence electrons. The smallest absolute Gasteiger partial charge is 0.243 e. The van der Waals surface area contributed by atoms with Crippen molar-refractivity contribution >= 4 is 44.1 Å². The number of pyridine rings is 1. The monoisotopic (exact) mass is 433 g/mol. The maximum Gasteiger partial charge on any atom is 0.243 e. The van der Waals surface area contributed by atoms with E-state index in [4.69, 9.17) is 16.3 Å². The van der Waals surface area contributed by atoms with Gasteiger partial charge < -0.3 is 10.1 Å². The number of halogens is 1. The lowest BCUT2D eigenvalue weighted by Crippen LogP contribution is -2.35. The standard InChI is InChI=1S/C20H20ClN3O4S/c1-13-6-9-18(15-5-4-10-22-20(13)15)29(26,27)24(2)12-19(25)23-16-11-14(21)7-8-17(16)28-3/h4-11H,12H2,1-3H3,(H,23,25). The van der Waals surface area contributed by atoms with E-state index in [-0.39, 0.29) is 11.4 Å². The van der Waals surface area contributed by atoms with E-state index in [0.29, 0.717) is 27.4 Å². The van der Waals surface area contributed by atoms with Crippen LogP contribution in [0, 0.1) is 6.92 Å². The summed E-state index contributed by atoms with van der Waals surface area (Å²) < 4.78 is 32.4. The molecule has 29 heavy (non-hydrogen) atoms. The van der Waals surface area contributed by atoms with Crippen LogP contribution in [0.1, 0.15) is 5.56 Å². The number of carbonyl (C=O) groups excluding carboxylic acids is 1. The third-order valence-corrected chi connectivity index (χ3v) is 6.52. The maximum atomic E-state index is 13.1. The van der Waals surface area contributed by atoms with Gasteiger partial charge in [-0.25, -0.2) is 8.42 Å². The molecule has 0 fully saturated rings. The summed E-state index contributed by atoms with van der Waals surface area (Å²) >= 11 is 5.96. The molecule has 0 radical (unpaired) electrons. The minimum Gasteiger partial charge on any atom is -0.495 e. The zero-order valence-electron chi connectivity index (χ0n) is 16.1. The van der Waals surface area contributed by atoms with E-state index < -0.39 is 15.9 Å².